The van der Waals surface area contributed by atoms with Crippen LogP contribution in [-0.4, -0.2) is 34.3 Å². The molecule has 3 aromatic rings. The number of aryl methyl sites for hydroxylation is 1. The second kappa shape index (κ2) is 9.56. The van der Waals surface area contributed by atoms with E-state index in [1.165, 1.54) is 16.5 Å². The van der Waals surface area contributed by atoms with E-state index < -0.39 is 0 Å². The summed E-state index contributed by atoms with van der Waals surface area (Å²) >= 11 is 0. The molecular formula is C20H27ClN4. The Morgan fingerprint density at radius 1 is 1.00 bits per heavy atom. The lowest BCUT2D eigenvalue weighted by atomic mass is 10.1. The maximum absolute atomic E-state index is 5.83. The van der Waals surface area contributed by atoms with Gasteiger partial charge in [-0.15, -0.1) is 12.4 Å². The van der Waals surface area contributed by atoms with Gasteiger partial charge in [0.05, 0.1) is 11.2 Å². The van der Waals surface area contributed by atoms with Crippen LogP contribution in [0, 0.1) is 0 Å². The van der Waals surface area contributed by atoms with Crippen LogP contribution >= 0.6 is 12.4 Å². The first-order valence-corrected chi connectivity index (χ1v) is 8.72. The van der Waals surface area contributed by atoms with Crippen molar-refractivity contribution in [2.75, 3.05) is 19.6 Å². The number of aromatic nitrogens is 2. The first-order valence-electron chi connectivity index (χ1n) is 8.72. The van der Waals surface area contributed by atoms with Gasteiger partial charge < -0.3 is 5.73 Å². The van der Waals surface area contributed by atoms with Gasteiger partial charge in [-0.1, -0.05) is 48.5 Å². The predicted octanol–water partition coefficient (Wildman–Crippen LogP) is 3.48. The fourth-order valence-corrected chi connectivity index (χ4v) is 3.15. The maximum Gasteiger partial charge on any atom is 0.0843 e. The van der Waals surface area contributed by atoms with Crippen LogP contribution in [0.5, 0.6) is 0 Å². The summed E-state index contributed by atoms with van der Waals surface area (Å²) in [5, 5.41) is 6.07. The molecule has 2 aromatic carbocycles. The molecule has 0 saturated carbocycles. The highest BCUT2D eigenvalue weighted by Crippen LogP contribution is 2.20. The molecule has 134 valence electrons. The quantitative estimate of drug-likeness (QED) is 0.670. The van der Waals surface area contributed by atoms with Gasteiger partial charge in [0.25, 0.3) is 0 Å². The Bertz CT molecular complexity index is 770. The number of hydrogen-bond donors (Lipinski definition) is 1. The molecule has 25 heavy (non-hydrogen) atoms. The molecule has 0 unspecified atom stereocenters. The van der Waals surface area contributed by atoms with Crippen LogP contribution < -0.4 is 5.73 Å². The molecule has 0 bridgehead atoms. The molecule has 0 spiro atoms. The Hall–Kier alpha value is -1.88. The fourth-order valence-electron chi connectivity index (χ4n) is 3.15. The van der Waals surface area contributed by atoms with Gasteiger partial charge in [0.2, 0.25) is 0 Å². The Morgan fingerprint density at radius 2 is 1.72 bits per heavy atom. The summed E-state index contributed by atoms with van der Waals surface area (Å²) in [5.41, 5.74) is 9.55. The fraction of sp³-hybridized carbons (Fsp3) is 0.350. The summed E-state index contributed by atoms with van der Waals surface area (Å²) in [6, 6.07) is 19.1. The van der Waals surface area contributed by atoms with Gasteiger partial charge in [0, 0.05) is 38.1 Å². The third-order valence-corrected chi connectivity index (χ3v) is 4.41. The van der Waals surface area contributed by atoms with Crippen molar-refractivity contribution >= 4 is 23.3 Å². The molecule has 0 saturated heterocycles. The number of benzene rings is 2. The normalized spacial score (nSPS) is 11.0. The Morgan fingerprint density at radius 3 is 2.44 bits per heavy atom. The number of halogens is 1. The van der Waals surface area contributed by atoms with Crippen molar-refractivity contribution in [1.82, 2.24) is 14.7 Å². The molecule has 0 atom stereocenters. The van der Waals surface area contributed by atoms with Crippen LogP contribution in [0.15, 0.2) is 54.6 Å². The van der Waals surface area contributed by atoms with E-state index in [4.69, 9.17) is 10.8 Å². The van der Waals surface area contributed by atoms with Crippen molar-refractivity contribution < 1.29 is 0 Å². The highest BCUT2D eigenvalue weighted by Gasteiger charge is 2.13. The molecule has 0 radical (unpaired) electrons. The zero-order chi connectivity index (χ0) is 16.8. The van der Waals surface area contributed by atoms with E-state index in [9.17, 15) is 0 Å². The summed E-state index contributed by atoms with van der Waals surface area (Å²) in [6.45, 7) is 6.42. The number of nitrogens with two attached hydrogens (primary N) is 1. The molecule has 2 N–H and O–H groups in total. The van der Waals surface area contributed by atoms with Gasteiger partial charge in [-0.05, 0) is 25.0 Å². The van der Waals surface area contributed by atoms with Gasteiger partial charge >= 0.3 is 0 Å². The van der Waals surface area contributed by atoms with Gasteiger partial charge in [0.1, 0.15) is 0 Å². The van der Waals surface area contributed by atoms with Crippen LogP contribution in [0.2, 0.25) is 0 Å². The van der Waals surface area contributed by atoms with Crippen LogP contribution in [-0.2, 0) is 19.5 Å². The van der Waals surface area contributed by atoms with Gasteiger partial charge in [-0.25, -0.2) is 0 Å². The zero-order valence-corrected chi connectivity index (χ0v) is 15.6. The van der Waals surface area contributed by atoms with E-state index in [1.807, 2.05) is 0 Å². The van der Waals surface area contributed by atoms with E-state index in [1.54, 1.807) is 0 Å². The Kier molecular flexibility index (Phi) is 7.44. The Balaban J connectivity index is 0.00000225. The molecule has 1 heterocycles. The molecule has 0 fully saturated rings. The molecule has 0 aliphatic carbocycles. The first kappa shape index (κ1) is 19.4. The lowest BCUT2D eigenvalue weighted by Gasteiger charge is -2.20. The van der Waals surface area contributed by atoms with E-state index >= 15 is 0 Å². The highest BCUT2D eigenvalue weighted by atomic mass is 35.5. The minimum atomic E-state index is 0. The molecule has 5 heteroatoms. The lowest BCUT2D eigenvalue weighted by molar-refractivity contribution is 0.273. The zero-order valence-electron chi connectivity index (χ0n) is 14.8. The third kappa shape index (κ3) is 4.82. The first-order chi connectivity index (χ1) is 11.8. The van der Waals surface area contributed by atoms with Crippen molar-refractivity contribution in [2.24, 2.45) is 5.73 Å². The van der Waals surface area contributed by atoms with Crippen LogP contribution in [0.4, 0.5) is 0 Å². The highest BCUT2D eigenvalue weighted by molar-refractivity contribution is 5.85. The number of nitrogens with zero attached hydrogens (tertiary/aromatic N) is 3. The monoisotopic (exact) mass is 358 g/mol. The number of para-hydroxylation sites is 1. The van der Waals surface area contributed by atoms with Crippen molar-refractivity contribution in [3.05, 3.63) is 65.9 Å². The SMILES string of the molecule is CCn1nc(CN(CCN)CCc2ccccc2)c2ccccc21.Cl. The molecule has 0 amide bonds. The minimum Gasteiger partial charge on any atom is -0.329 e. The summed E-state index contributed by atoms with van der Waals surface area (Å²) < 4.78 is 2.09. The Labute approximate surface area is 156 Å². The minimum absolute atomic E-state index is 0. The largest absolute Gasteiger partial charge is 0.329 e. The van der Waals surface area contributed by atoms with Crippen molar-refractivity contribution in [3.8, 4) is 0 Å². The summed E-state index contributed by atoms with van der Waals surface area (Å²) in [4.78, 5) is 2.40. The third-order valence-electron chi connectivity index (χ3n) is 4.41. The van der Waals surface area contributed by atoms with E-state index in [2.05, 4.69) is 71.1 Å². The molecule has 4 nitrogen and oxygen atoms in total. The van der Waals surface area contributed by atoms with Crippen LogP contribution in [0.25, 0.3) is 10.9 Å². The predicted molar refractivity (Wildman–Crippen MR) is 107 cm³/mol. The number of fused-ring (bicyclic) bond motifs is 1. The molecule has 3 rings (SSSR count). The molecular weight excluding hydrogens is 332 g/mol. The second-order valence-corrected chi connectivity index (χ2v) is 6.08. The van der Waals surface area contributed by atoms with Gasteiger partial charge in [-0.3, -0.25) is 9.58 Å². The molecule has 0 aliphatic rings. The van der Waals surface area contributed by atoms with Gasteiger partial charge in [0.15, 0.2) is 0 Å². The van der Waals surface area contributed by atoms with Crippen molar-refractivity contribution in [1.29, 1.82) is 0 Å². The average molecular weight is 359 g/mol. The van der Waals surface area contributed by atoms with E-state index in [0.29, 0.717) is 6.54 Å². The molecule has 0 aliphatic heterocycles. The summed E-state index contributed by atoms with van der Waals surface area (Å²) in [6.07, 6.45) is 1.03. The topological polar surface area (TPSA) is 47.1 Å². The number of hydrogen-bond acceptors (Lipinski definition) is 3. The smallest absolute Gasteiger partial charge is 0.0843 e. The summed E-state index contributed by atoms with van der Waals surface area (Å²) in [7, 11) is 0. The van der Waals surface area contributed by atoms with Crippen molar-refractivity contribution in [2.45, 2.75) is 26.4 Å². The van der Waals surface area contributed by atoms with E-state index in [0.717, 1.165) is 38.3 Å². The summed E-state index contributed by atoms with van der Waals surface area (Å²) in [5.74, 6) is 0. The second-order valence-electron chi connectivity index (χ2n) is 6.08. The average Bonchev–Trinajstić information content (AvgIpc) is 2.99. The molecule has 1 aromatic heterocycles. The van der Waals surface area contributed by atoms with Gasteiger partial charge in [-0.2, -0.15) is 5.10 Å². The standard InChI is InChI=1S/C20H26N4.ClH/c1-2-24-20-11-7-6-10-18(20)19(22-24)16-23(15-13-21)14-12-17-8-4-3-5-9-17;/h3-11H,2,12-16,21H2,1H3;1H. The maximum atomic E-state index is 5.83. The number of rotatable bonds is 8. The van der Waals surface area contributed by atoms with Crippen molar-refractivity contribution in [3.63, 3.8) is 0 Å². The van der Waals surface area contributed by atoms with Crippen LogP contribution in [0.3, 0.4) is 0 Å². The van der Waals surface area contributed by atoms with E-state index in [-0.39, 0.29) is 12.4 Å². The lowest BCUT2D eigenvalue weighted by Crippen LogP contribution is -2.31. The van der Waals surface area contributed by atoms with Crippen LogP contribution in [0.1, 0.15) is 18.2 Å².